The topological polar surface area (TPSA) is 49.9 Å². The van der Waals surface area contributed by atoms with Crippen LogP contribution in [0.2, 0.25) is 0 Å². The van der Waals surface area contributed by atoms with Crippen LogP contribution in [0.1, 0.15) is 12.8 Å². The van der Waals surface area contributed by atoms with Gasteiger partial charge >= 0.3 is 0 Å². The van der Waals surface area contributed by atoms with E-state index in [1.165, 1.54) is 0 Å². The number of para-hydroxylation sites is 1. The second-order valence-electron chi connectivity index (χ2n) is 5.72. The highest BCUT2D eigenvalue weighted by atomic mass is 16.5. The van der Waals surface area contributed by atoms with E-state index < -0.39 is 0 Å². The summed E-state index contributed by atoms with van der Waals surface area (Å²) in [5.41, 5.74) is 1.64. The van der Waals surface area contributed by atoms with Crippen molar-refractivity contribution in [1.29, 1.82) is 0 Å². The van der Waals surface area contributed by atoms with E-state index in [4.69, 9.17) is 4.74 Å². The fraction of sp³-hybridized carbons (Fsp3) is 0.263. The minimum atomic E-state index is -0.135. The van der Waals surface area contributed by atoms with Gasteiger partial charge in [0.2, 0.25) is 5.91 Å². The molecule has 0 unspecified atom stereocenters. The predicted molar refractivity (Wildman–Crippen MR) is 93.4 cm³/mol. The van der Waals surface area contributed by atoms with Crippen molar-refractivity contribution >= 4 is 23.2 Å². The van der Waals surface area contributed by atoms with Gasteiger partial charge in [-0.05, 0) is 30.7 Å². The van der Waals surface area contributed by atoms with Crippen LogP contribution in [0.5, 0.6) is 5.75 Å². The van der Waals surface area contributed by atoms with E-state index >= 15 is 0 Å². The smallest absolute Gasteiger partial charge is 0.264 e. The molecule has 2 aromatic carbocycles. The average Bonchev–Trinajstić information content (AvgIpc) is 3.06. The van der Waals surface area contributed by atoms with Gasteiger partial charge in [0.05, 0.1) is 0 Å². The third kappa shape index (κ3) is 3.56. The molecule has 3 rings (SSSR count). The van der Waals surface area contributed by atoms with Gasteiger partial charge in [0.1, 0.15) is 5.75 Å². The minimum absolute atomic E-state index is 0.0528. The normalized spacial score (nSPS) is 13.9. The molecule has 2 amide bonds. The Morgan fingerprint density at radius 2 is 1.96 bits per heavy atom. The Kier molecular flexibility index (Phi) is 4.79. The van der Waals surface area contributed by atoms with Gasteiger partial charge in [-0.1, -0.05) is 24.3 Å². The predicted octanol–water partition coefficient (Wildman–Crippen LogP) is 2.86. The SMILES string of the molecule is CN(C(=O)COc1cccc(N2CCCC2=O)c1)c1ccccc1. The number of hydrogen-bond donors (Lipinski definition) is 0. The molecule has 1 heterocycles. The van der Waals surface area contributed by atoms with E-state index in [2.05, 4.69) is 0 Å². The van der Waals surface area contributed by atoms with Crippen molar-refractivity contribution < 1.29 is 14.3 Å². The number of carbonyl (C=O) groups is 2. The molecule has 0 N–H and O–H groups in total. The van der Waals surface area contributed by atoms with Crippen molar-refractivity contribution in [1.82, 2.24) is 0 Å². The number of benzene rings is 2. The molecule has 1 fully saturated rings. The first-order chi connectivity index (χ1) is 11.6. The van der Waals surface area contributed by atoms with Crippen LogP contribution in [0.15, 0.2) is 54.6 Å². The number of anilines is 2. The Hall–Kier alpha value is -2.82. The first-order valence-electron chi connectivity index (χ1n) is 8.00. The Morgan fingerprint density at radius 1 is 1.17 bits per heavy atom. The van der Waals surface area contributed by atoms with E-state index in [1.54, 1.807) is 29.0 Å². The molecular weight excluding hydrogens is 304 g/mol. The maximum Gasteiger partial charge on any atom is 0.264 e. The van der Waals surface area contributed by atoms with Crippen molar-refractivity contribution in [3.8, 4) is 5.75 Å². The van der Waals surface area contributed by atoms with Crippen LogP contribution in [0, 0.1) is 0 Å². The van der Waals surface area contributed by atoms with E-state index in [9.17, 15) is 9.59 Å². The number of ether oxygens (including phenoxy) is 1. The first-order valence-corrected chi connectivity index (χ1v) is 8.00. The summed E-state index contributed by atoms with van der Waals surface area (Å²) in [5.74, 6) is 0.581. The molecule has 1 aliphatic heterocycles. The summed E-state index contributed by atoms with van der Waals surface area (Å²) in [6.07, 6.45) is 1.47. The Morgan fingerprint density at radius 3 is 2.67 bits per heavy atom. The van der Waals surface area contributed by atoms with Crippen molar-refractivity contribution in [2.45, 2.75) is 12.8 Å². The van der Waals surface area contributed by atoms with Crippen LogP contribution in [-0.2, 0) is 9.59 Å². The standard InChI is InChI=1S/C19H20N2O3/c1-20(15-7-3-2-4-8-15)19(23)14-24-17-10-5-9-16(13-17)21-12-6-11-18(21)22/h2-5,7-10,13H,6,11-12,14H2,1H3. The Bertz CT molecular complexity index is 730. The van der Waals surface area contributed by atoms with Gasteiger partial charge in [0, 0.05) is 37.5 Å². The highest BCUT2D eigenvalue weighted by molar-refractivity contribution is 5.95. The summed E-state index contributed by atoms with van der Waals surface area (Å²) in [4.78, 5) is 27.4. The molecule has 0 aromatic heterocycles. The highest BCUT2D eigenvalue weighted by Gasteiger charge is 2.22. The van der Waals surface area contributed by atoms with E-state index in [-0.39, 0.29) is 18.4 Å². The number of rotatable bonds is 5. The molecule has 0 atom stereocenters. The molecule has 0 bridgehead atoms. The number of amides is 2. The maximum absolute atomic E-state index is 12.2. The molecule has 2 aromatic rings. The van der Waals surface area contributed by atoms with Gasteiger partial charge in [-0.15, -0.1) is 0 Å². The van der Waals surface area contributed by atoms with Gasteiger partial charge in [0.25, 0.3) is 5.91 Å². The molecule has 0 saturated carbocycles. The van der Waals surface area contributed by atoms with Crippen molar-refractivity contribution in [3.63, 3.8) is 0 Å². The van der Waals surface area contributed by atoms with Crippen molar-refractivity contribution in [2.24, 2.45) is 0 Å². The molecule has 0 aliphatic carbocycles. The molecule has 0 radical (unpaired) electrons. The lowest BCUT2D eigenvalue weighted by molar-refractivity contribution is -0.120. The summed E-state index contributed by atoms with van der Waals surface area (Å²) in [5, 5.41) is 0. The minimum Gasteiger partial charge on any atom is -0.484 e. The number of hydrogen-bond acceptors (Lipinski definition) is 3. The van der Waals surface area contributed by atoms with Crippen LogP contribution < -0.4 is 14.5 Å². The third-order valence-corrected chi connectivity index (χ3v) is 4.08. The fourth-order valence-electron chi connectivity index (χ4n) is 2.70. The van der Waals surface area contributed by atoms with Crippen LogP contribution in [0.4, 0.5) is 11.4 Å². The molecule has 5 nitrogen and oxygen atoms in total. The molecule has 124 valence electrons. The largest absolute Gasteiger partial charge is 0.484 e. The lowest BCUT2D eigenvalue weighted by Gasteiger charge is -2.19. The van der Waals surface area contributed by atoms with Crippen LogP contribution in [-0.4, -0.2) is 32.0 Å². The van der Waals surface area contributed by atoms with Crippen LogP contribution in [0.3, 0.4) is 0 Å². The van der Waals surface area contributed by atoms with Gasteiger partial charge < -0.3 is 14.5 Å². The zero-order chi connectivity index (χ0) is 16.9. The lowest BCUT2D eigenvalue weighted by Crippen LogP contribution is -2.31. The molecule has 1 saturated heterocycles. The number of carbonyl (C=O) groups excluding carboxylic acids is 2. The van der Waals surface area contributed by atoms with Gasteiger partial charge in [-0.3, -0.25) is 9.59 Å². The van der Waals surface area contributed by atoms with Gasteiger partial charge in [-0.25, -0.2) is 0 Å². The van der Waals surface area contributed by atoms with Crippen LogP contribution >= 0.6 is 0 Å². The zero-order valence-electron chi connectivity index (χ0n) is 13.6. The second-order valence-corrected chi connectivity index (χ2v) is 5.72. The van der Waals surface area contributed by atoms with Gasteiger partial charge in [0.15, 0.2) is 6.61 Å². The number of likely N-dealkylation sites (N-methyl/N-ethyl adjacent to an activating group) is 1. The van der Waals surface area contributed by atoms with Crippen molar-refractivity contribution in [3.05, 3.63) is 54.6 Å². The molecule has 0 spiro atoms. The Labute approximate surface area is 141 Å². The molecule has 5 heteroatoms. The van der Waals surface area contributed by atoms with E-state index in [0.717, 1.165) is 24.3 Å². The van der Waals surface area contributed by atoms with Crippen molar-refractivity contribution in [2.75, 3.05) is 30.0 Å². The van der Waals surface area contributed by atoms with Gasteiger partial charge in [-0.2, -0.15) is 0 Å². The summed E-state index contributed by atoms with van der Waals surface area (Å²) in [6.45, 7) is 0.681. The maximum atomic E-state index is 12.2. The fourth-order valence-corrected chi connectivity index (χ4v) is 2.70. The van der Waals surface area contributed by atoms with E-state index in [0.29, 0.717) is 12.2 Å². The second kappa shape index (κ2) is 7.17. The summed E-state index contributed by atoms with van der Waals surface area (Å²) >= 11 is 0. The Balaban J connectivity index is 1.62. The van der Waals surface area contributed by atoms with E-state index in [1.807, 2.05) is 42.5 Å². The molecule has 24 heavy (non-hydrogen) atoms. The highest BCUT2D eigenvalue weighted by Crippen LogP contribution is 2.25. The molecule has 1 aliphatic rings. The molecular formula is C19H20N2O3. The monoisotopic (exact) mass is 324 g/mol. The summed E-state index contributed by atoms with van der Waals surface area (Å²) < 4.78 is 5.62. The quantitative estimate of drug-likeness (QED) is 0.850. The number of nitrogens with zero attached hydrogens (tertiary/aromatic N) is 2. The lowest BCUT2D eigenvalue weighted by atomic mass is 10.2. The van der Waals surface area contributed by atoms with Crippen LogP contribution in [0.25, 0.3) is 0 Å². The summed E-state index contributed by atoms with van der Waals surface area (Å²) in [6, 6.07) is 16.7. The first kappa shape index (κ1) is 16.1. The average molecular weight is 324 g/mol. The third-order valence-electron chi connectivity index (χ3n) is 4.08. The summed E-state index contributed by atoms with van der Waals surface area (Å²) in [7, 11) is 1.72. The zero-order valence-corrected chi connectivity index (χ0v) is 13.6.